The Morgan fingerprint density at radius 3 is 2.34 bits per heavy atom. The quantitative estimate of drug-likeness (QED) is 0.418. The standard InChI is InChI=1S/C26H24ClNO/c1-18-17-25-24(14-13-22(28-25)12-7-19-5-3-2-4-6-19)26(23(18)15-16-29)20-8-10-21(27)11-9-20/h2-6,8-11,13-14,17,29H,7,12,15-16H2,1H3. The second kappa shape index (κ2) is 8.77. The molecule has 4 aromatic rings. The molecule has 0 unspecified atom stereocenters. The van der Waals surface area contributed by atoms with Gasteiger partial charge in [0, 0.05) is 22.7 Å². The van der Waals surface area contributed by atoms with Crippen LogP contribution in [0.1, 0.15) is 22.4 Å². The van der Waals surface area contributed by atoms with Gasteiger partial charge in [-0.1, -0.05) is 60.1 Å². The predicted molar refractivity (Wildman–Crippen MR) is 122 cm³/mol. The van der Waals surface area contributed by atoms with Gasteiger partial charge in [0.2, 0.25) is 0 Å². The van der Waals surface area contributed by atoms with E-state index in [2.05, 4.69) is 49.4 Å². The summed E-state index contributed by atoms with van der Waals surface area (Å²) in [6.45, 7) is 2.22. The smallest absolute Gasteiger partial charge is 0.0714 e. The van der Waals surface area contributed by atoms with Gasteiger partial charge in [-0.15, -0.1) is 0 Å². The van der Waals surface area contributed by atoms with Crippen LogP contribution in [-0.2, 0) is 19.3 Å². The van der Waals surface area contributed by atoms with E-state index >= 15 is 0 Å². The number of hydrogen-bond donors (Lipinski definition) is 1. The average Bonchev–Trinajstić information content (AvgIpc) is 2.74. The van der Waals surface area contributed by atoms with E-state index < -0.39 is 0 Å². The van der Waals surface area contributed by atoms with Crippen LogP contribution in [0.4, 0.5) is 0 Å². The van der Waals surface area contributed by atoms with Gasteiger partial charge in [-0.05, 0) is 78.3 Å². The number of halogens is 1. The average molecular weight is 402 g/mol. The van der Waals surface area contributed by atoms with Crippen molar-refractivity contribution in [1.29, 1.82) is 0 Å². The fourth-order valence-electron chi connectivity index (χ4n) is 3.93. The monoisotopic (exact) mass is 401 g/mol. The van der Waals surface area contributed by atoms with Gasteiger partial charge in [0.1, 0.15) is 0 Å². The van der Waals surface area contributed by atoms with Gasteiger partial charge in [-0.2, -0.15) is 0 Å². The van der Waals surface area contributed by atoms with Gasteiger partial charge < -0.3 is 5.11 Å². The minimum absolute atomic E-state index is 0.121. The van der Waals surface area contributed by atoms with Gasteiger partial charge in [0.25, 0.3) is 0 Å². The minimum atomic E-state index is 0.121. The van der Waals surface area contributed by atoms with E-state index in [0.717, 1.165) is 51.2 Å². The summed E-state index contributed by atoms with van der Waals surface area (Å²) in [7, 11) is 0. The normalized spacial score (nSPS) is 11.1. The van der Waals surface area contributed by atoms with Gasteiger partial charge in [-0.25, -0.2) is 0 Å². The van der Waals surface area contributed by atoms with Gasteiger partial charge in [0.05, 0.1) is 5.52 Å². The van der Waals surface area contributed by atoms with Gasteiger partial charge in [-0.3, -0.25) is 4.98 Å². The zero-order valence-electron chi connectivity index (χ0n) is 16.5. The zero-order valence-corrected chi connectivity index (χ0v) is 17.3. The summed E-state index contributed by atoms with van der Waals surface area (Å²) in [6, 6.07) is 24.9. The summed E-state index contributed by atoms with van der Waals surface area (Å²) in [5.41, 5.74) is 7.99. The number of aryl methyl sites for hydroxylation is 3. The Morgan fingerprint density at radius 2 is 1.62 bits per heavy atom. The largest absolute Gasteiger partial charge is 0.396 e. The molecule has 0 aliphatic heterocycles. The number of hydrogen-bond acceptors (Lipinski definition) is 2. The molecule has 0 spiro atoms. The highest BCUT2D eigenvalue weighted by Crippen LogP contribution is 2.35. The number of aliphatic hydroxyl groups is 1. The summed E-state index contributed by atoms with van der Waals surface area (Å²) >= 11 is 6.10. The van der Waals surface area contributed by atoms with Crippen molar-refractivity contribution >= 4 is 22.5 Å². The van der Waals surface area contributed by atoms with E-state index in [1.54, 1.807) is 0 Å². The molecule has 1 heterocycles. The number of aromatic nitrogens is 1. The second-order valence-electron chi connectivity index (χ2n) is 7.38. The van der Waals surface area contributed by atoms with Crippen molar-refractivity contribution in [3.63, 3.8) is 0 Å². The molecule has 29 heavy (non-hydrogen) atoms. The summed E-state index contributed by atoms with van der Waals surface area (Å²) in [5, 5.41) is 11.5. The molecule has 146 valence electrons. The fraction of sp³-hybridized carbons (Fsp3) is 0.192. The van der Waals surface area contributed by atoms with Crippen molar-refractivity contribution in [2.24, 2.45) is 0 Å². The molecule has 0 bridgehead atoms. The van der Waals surface area contributed by atoms with Crippen LogP contribution in [0, 0.1) is 6.92 Å². The Bertz CT molecular complexity index is 1120. The Labute approximate surface area is 176 Å². The number of pyridine rings is 1. The molecule has 0 saturated heterocycles. The van der Waals surface area contributed by atoms with Crippen LogP contribution in [0.5, 0.6) is 0 Å². The molecule has 0 aliphatic carbocycles. The lowest BCUT2D eigenvalue weighted by molar-refractivity contribution is 0.299. The van der Waals surface area contributed by atoms with Crippen molar-refractivity contribution in [1.82, 2.24) is 4.98 Å². The molecular formula is C26H24ClNO. The van der Waals surface area contributed by atoms with E-state index in [1.165, 1.54) is 11.1 Å². The molecule has 0 aliphatic rings. The van der Waals surface area contributed by atoms with Crippen LogP contribution in [-0.4, -0.2) is 16.7 Å². The molecule has 0 radical (unpaired) electrons. The van der Waals surface area contributed by atoms with Crippen LogP contribution in [0.3, 0.4) is 0 Å². The molecule has 0 amide bonds. The molecule has 2 nitrogen and oxygen atoms in total. The maximum atomic E-state index is 9.62. The third kappa shape index (κ3) is 4.34. The first-order valence-corrected chi connectivity index (χ1v) is 10.4. The minimum Gasteiger partial charge on any atom is -0.396 e. The van der Waals surface area contributed by atoms with Crippen molar-refractivity contribution in [2.45, 2.75) is 26.2 Å². The first-order chi connectivity index (χ1) is 14.2. The van der Waals surface area contributed by atoms with Crippen molar-refractivity contribution in [3.8, 4) is 11.1 Å². The zero-order chi connectivity index (χ0) is 20.2. The highest BCUT2D eigenvalue weighted by atomic mass is 35.5. The van der Waals surface area contributed by atoms with Gasteiger partial charge >= 0.3 is 0 Å². The van der Waals surface area contributed by atoms with Crippen LogP contribution in [0.25, 0.3) is 22.0 Å². The lowest BCUT2D eigenvalue weighted by Gasteiger charge is -2.16. The summed E-state index contributed by atoms with van der Waals surface area (Å²) in [6.07, 6.45) is 2.51. The first-order valence-electron chi connectivity index (χ1n) is 9.98. The molecule has 3 aromatic carbocycles. The Morgan fingerprint density at radius 1 is 0.862 bits per heavy atom. The number of benzene rings is 3. The van der Waals surface area contributed by atoms with Crippen LogP contribution in [0.15, 0.2) is 72.8 Å². The molecule has 0 saturated carbocycles. The Kier molecular flexibility index (Phi) is 5.94. The topological polar surface area (TPSA) is 33.1 Å². The van der Waals surface area contributed by atoms with Crippen LogP contribution < -0.4 is 0 Å². The van der Waals surface area contributed by atoms with E-state index in [1.807, 2.05) is 30.3 Å². The highest BCUT2D eigenvalue weighted by molar-refractivity contribution is 6.30. The molecule has 0 fully saturated rings. The SMILES string of the molecule is Cc1cc2nc(CCc3ccccc3)ccc2c(-c2ccc(Cl)cc2)c1CCO. The molecular weight excluding hydrogens is 378 g/mol. The van der Waals surface area contributed by atoms with Crippen LogP contribution >= 0.6 is 11.6 Å². The van der Waals surface area contributed by atoms with E-state index in [0.29, 0.717) is 6.42 Å². The van der Waals surface area contributed by atoms with E-state index in [4.69, 9.17) is 16.6 Å². The maximum absolute atomic E-state index is 9.62. The van der Waals surface area contributed by atoms with Crippen molar-refractivity contribution in [2.75, 3.05) is 6.61 Å². The first kappa shape index (κ1) is 19.6. The summed E-state index contributed by atoms with van der Waals surface area (Å²) in [5.74, 6) is 0. The van der Waals surface area contributed by atoms with Crippen molar-refractivity contribution < 1.29 is 5.11 Å². The molecule has 4 rings (SSSR count). The van der Waals surface area contributed by atoms with E-state index in [-0.39, 0.29) is 6.61 Å². The number of aliphatic hydroxyl groups excluding tert-OH is 1. The number of nitrogens with zero attached hydrogens (tertiary/aromatic N) is 1. The summed E-state index contributed by atoms with van der Waals surface area (Å²) < 4.78 is 0. The highest BCUT2D eigenvalue weighted by Gasteiger charge is 2.14. The number of rotatable bonds is 6. The van der Waals surface area contributed by atoms with Crippen LogP contribution in [0.2, 0.25) is 5.02 Å². The molecule has 3 heteroatoms. The predicted octanol–water partition coefficient (Wildman–Crippen LogP) is 6.18. The third-order valence-electron chi connectivity index (χ3n) is 5.39. The maximum Gasteiger partial charge on any atom is 0.0714 e. The van der Waals surface area contributed by atoms with Gasteiger partial charge in [0.15, 0.2) is 0 Å². The molecule has 1 N–H and O–H groups in total. The Hall–Kier alpha value is -2.68. The molecule has 1 aromatic heterocycles. The molecule has 0 atom stereocenters. The van der Waals surface area contributed by atoms with E-state index in [9.17, 15) is 5.11 Å². The Balaban J connectivity index is 1.77. The third-order valence-corrected chi connectivity index (χ3v) is 5.64. The van der Waals surface area contributed by atoms with Crippen molar-refractivity contribution in [3.05, 3.63) is 100 Å². The lowest BCUT2D eigenvalue weighted by Crippen LogP contribution is -2.01. The summed E-state index contributed by atoms with van der Waals surface area (Å²) in [4.78, 5) is 4.97. The second-order valence-corrected chi connectivity index (χ2v) is 7.82. The lowest BCUT2D eigenvalue weighted by atomic mass is 9.90. The number of fused-ring (bicyclic) bond motifs is 1. The fourth-order valence-corrected chi connectivity index (χ4v) is 4.05.